The lowest BCUT2D eigenvalue weighted by Gasteiger charge is -2.12. The second-order valence-corrected chi connectivity index (χ2v) is 3.84. The summed E-state index contributed by atoms with van der Waals surface area (Å²) < 4.78 is 5.01. The molecular formula is C13H18N2O3. The van der Waals surface area contributed by atoms with Crippen LogP contribution in [0.4, 0.5) is 4.79 Å². The molecule has 0 unspecified atom stereocenters. The molecule has 0 saturated carbocycles. The van der Waals surface area contributed by atoms with E-state index in [-0.39, 0.29) is 6.61 Å². The molecule has 1 rings (SSSR count). The van der Waals surface area contributed by atoms with Crippen molar-refractivity contribution in [2.45, 2.75) is 19.1 Å². The molecule has 5 heteroatoms. The van der Waals surface area contributed by atoms with Crippen LogP contribution in [0.1, 0.15) is 12.0 Å². The first-order chi connectivity index (χ1) is 8.76. The topological polar surface area (TPSA) is 67.4 Å². The van der Waals surface area contributed by atoms with Crippen molar-refractivity contribution < 1.29 is 14.3 Å². The summed E-state index contributed by atoms with van der Waals surface area (Å²) in [5, 5.41) is 5.42. The largest absolute Gasteiger partial charge is 0.445 e. The molecular weight excluding hydrogens is 232 g/mol. The number of nitrogens with one attached hydrogen (secondary N) is 2. The second kappa shape index (κ2) is 8.25. The molecule has 0 aliphatic rings. The fourth-order valence-electron chi connectivity index (χ4n) is 1.39. The number of rotatable bonds is 7. The molecule has 0 aliphatic carbocycles. The summed E-state index contributed by atoms with van der Waals surface area (Å²) in [5.41, 5.74) is 0.908. The highest BCUT2D eigenvalue weighted by atomic mass is 16.5. The summed E-state index contributed by atoms with van der Waals surface area (Å²) in [6.45, 7) is 0.854. The quantitative estimate of drug-likeness (QED) is 0.711. The minimum atomic E-state index is -0.577. The first-order valence-electron chi connectivity index (χ1n) is 5.83. The summed E-state index contributed by atoms with van der Waals surface area (Å²) >= 11 is 0. The van der Waals surface area contributed by atoms with Crippen LogP contribution in [0.2, 0.25) is 0 Å². The fraction of sp³-hybridized carbons (Fsp3) is 0.385. The van der Waals surface area contributed by atoms with Crippen molar-refractivity contribution in [3.8, 4) is 0 Å². The smallest absolute Gasteiger partial charge is 0.408 e. The van der Waals surface area contributed by atoms with E-state index < -0.39 is 12.1 Å². The third-order valence-corrected chi connectivity index (χ3v) is 2.39. The first-order valence-corrected chi connectivity index (χ1v) is 5.83. The van der Waals surface area contributed by atoms with Crippen LogP contribution in [0, 0.1) is 0 Å². The van der Waals surface area contributed by atoms with E-state index in [1.165, 1.54) is 0 Å². The van der Waals surface area contributed by atoms with Gasteiger partial charge in [0.1, 0.15) is 12.9 Å². The SMILES string of the molecule is CNCC[C@@H](C=O)NC(=O)OCc1ccccc1. The molecule has 0 aromatic heterocycles. The molecule has 2 N–H and O–H groups in total. The summed E-state index contributed by atoms with van der Waals surface area (Å²) in [6, 6.07) is 8.86. The molecule has 0 radical (unpaired) electrons. The lowest BCUT2D eigenvalue weighted by Crippen LogP contribution is -2.38. The van der Waals surface area contributed by atoms with Crippen LogP contribution < -0.4 is 10.6 Å². The van der Waals surface area contributed by atoms with Crippen molar-refractivity contribution in [3.63, 3.8) is 0 Å². The average Bonchev–Trinajstić information content (AvgIpc) is 2.42. The van der Waals surface area contributed by atoms with Crippen molar-refractivity contribution in [1.82, 2.24) is 10.6 Å². The van der Waals surface area contributed by atoms with Gasteiger partial charge in [-0.15, -0.1) is 0 Å². The summed E-state index contributed by atoms with van der Waals surface area (Å²) in [7, 11) is 1.79. The van der Waals surface area contributed by atoms with Gasteiger partial charge < -0.3 is 20.2 Å². The van der Waals surface area contributed by atoms with Crippen LogP contribution >= 0.6 is 0 Å². The minimum Gasteiger partial charge on any atom is -0.445 e. The Hall–Kier alpha value is -1.88. The number of aldehydes is 1. The molecule has 0 aliphatic heterocycles. The van der Waals surface area contributed by atoms with Gasteiger partial charge in [-0.1, -0.05) is 30.3 Å². The Balaban J connectivity index is 2.30. The van der Waals surface area contributed by atoms with E-state index in [2.05, 4.69) is 10.6 Å². The van der Waals surface area contributed by atoms with E-state index in [0.717, 1.165) is 5.56 Å². The molecule has 0 heterocycles. The zero-order valence-corrected chi connectivity index (χ0v) is 10.4. The molecule has 1 atom stereocenters. The maximum Gasteiger partial charge on any atom is 0.408 e. The Morgan fingerprint density at radius 3 is 2.72 bits per heavy atom. The van der Waals surface area contributed by atoms with Gasteiger partial charge in [0.15, 0.2) is 0 Å². The molecule has 0 spiro atoms. The lowest BCUT2D eigenvalue weighted by molar-refractivity contribution is -0.109. The zero-order valence-electron chi connectivity index (χ0n) is 10.4. The monoisotopic (exact) mass is 250 g/mol. The number of ether oxygens (including phenoxy) is 1. The number of hydrogen-bond acceptors (Lipinski definition) is 4. The van der Waals surface area contributed by atoms with E-state index in [0.29, 0.717) is 19.3 Å². The van der Waals surface area contributed by atoms with Gasteiger partial charge in [0.2, 0.25) is 0 Å². The number of amides is 1. The first kappa shape index (κ1) is 14.2. The Morgan fingerprint density at radius 1 is 1.39 bits per heavy atom. The molecule has 1 aromatic carbocycles. The predicted octanol–water partition coefficient (Wildman–Crippen LogP) is 1.09. The number of hydrogen-bond donors (Lipinski definition) is 2. The van der Waals surface area contributed by atoms with E-state index in [1.807, 2.05) is 30.3 Å². The van der Waals surface area contributed by atoms with Crippen LogP contribution in [-0.2, 0) is 16.1 Å². The van der Waals surface area contributed by atoms with E-state index in [9.17, 15) is 9.59 Å². The van der Waals surface area contributed by atoms with Crippen LogP contribution in [0.5, 0.6) is 0 Å². The average molecular weight is 250 g/mol. The Bertz CT molecular complexity index is 368. The van der Waals surface area contributed by atoms with E-state index >= 15 is 0 Å². The summed E-state index contributed by atoms with van der Waals surface area (Å²) in [6.07, 6.45) is 0.675. The fourth-order valence-corrected chi connectivity index (χ4v) is 1.39. The van der Waals surface area contributed by atoms with Crippen molar-refractivity contribution >= 4 is 12.4 Å². The van der Waals surface area contributed by atoms with E-state index in [1.54, 1.807) is 7.05 Å². The van der Waals surface area contributed by atoms with Gasteiger partial charge in [0.05, 0.1) is 6.04 Å². The van der Waals surface area contributed by atoms with Gasteiger partial charge in [0, 0.05) is 0 Å². The highest BCUT2D eigenvalue weighted by molar-refractivity contribution is 5.73. The predicted molar refractivity (Wildman–Crippen MR) is 68.2 cm³/mol. The number of benzene rings is 1. The molecule has 0 fully saturated rings. The van der Waals surface area contributed by atoms with Crippen molar-refractivity contribution in [3.05, 3.63) is 35.9 Å². The Morgan fingerprint density at radius 2 is 2.11 bits per heavy atom. The standard InChI is InChI=1S/C13H18N2O3/c1-14-8-7-12(9-16)15-13(17)18-10-11-5-3-2-4-6-11/h2-6,9,12,14H,7-8,10H2,1H3,(H,15,17)/t12-/m0/s1. The van der Waals surface area contributed by atoms with Crippen molar-refractivity contribution in [1.29, 1.82) is 0 Å². The number of carbonyl (C=O) groups excluding carboxylic acids is 2. The maximum absolute atomic E-state index is 11.4. The summed E-state index contributed by atoms with van der Waals surface area (Å²) in [5.74, 6) is 0. The molecule has 0 bridgehead atoms. The lowest BCUT2D eigenvalue weighted by atomic mass is 10.2. The van der Waals surface area contributed by atoms with Gasteiger partial charge in [-0.3, -0.25) is 0 Å². The van der Waals surface area contributed by atoms with Gasteiger partial charge >= 0.3 is 6.09 Å². The number of carbonyl (C=O) groups is 2. The van der Waals surface area contributed by atoms with Gasteiger partial charge in [-0.25, -0.2) is 4.79 Å². The normalized spacial score (nSPS) is 11.6. The van der Waals surface area contributed by atoms with E-state index in [4.69, 9.17) is 4.74 Å². The zero-order chi connectivity index (χ0) is 13.2. The Kier molecular flexibility index (Phi) is 6.50. The highest BCUT2D eigenvalue weighted by Crippen LogP contribution is 2.00. The third-order valence-electron chi connectivity index (χ3n) is 2.39. The molecule has 18 heavy (non-hydrogen) atoms. The minimum absolute atomic E-state index is 0.199. The van der Waals surface area contributed by atoms with Crippen LogP contribution in [0.3, 0.4) is 0 Å². The molecule has 1 aromatic rings. The number of alkyl carbamates (subject to hydrolysis) is 1. The van der Waals surface area contributed by atoms with Crippen molar-refractivity contribution in [2.24, 2.45) is 0 Å². The van der Waals surface area contributed by atoms with Crippen LogP contribution in [0.25, 0.3) is 0 Å². The molecule has 0 saturated heterocycles. The second-order valence-electron chi connectivity index (χ2n) is 3.84. The third kappa shape index (κ3) is 5.45. The van der Waals surface area contributed by atoms with Crippen LogP contribution in [0.15, 0.2) is 30.3 Å². The van der Waals surface area contributed by atoms with Crippen LogP contribution in [-0.4, -0.2) is 32.0 Å². The molecule has 1 amide bonds. The molecule has 98 valence electrons. The Labute approximate surface area is 107 Å². The van der Waals surface area contributed by atoms with Gasteiger partial charge in [0.25, 0.3) is 0 Å². The van der Waals surface area contributed by atoms with Gasteiger partial charge in [-0.2, -0.15) is 0 Å². The maximum atomic E-state index is 11.4. The summed E-state index contributed by atoms with van der Waals surface area (Å²) in [4.78, 5) is 22.2. The molecule has 5 nitrogen and oxygen atoms in total. The van der Waals surface area contributed by atoms with Gasteiger partial charge in [-0.05, 0) is 25.6 Å². The highest BCUT2D eigenvalue weighted by Gasteiger charge is 2.11. The van der Waals surface area contributed by atoms with Crippen molar-refractivity contribution in [2.75, 3.05) is 13.6 Å².